The number of amides is 1. The molecule has 1 N–H and O–H groups in total. The molecule has 2 aromatic rings. The highest BCUT2D eigenvalue weighted by molar-refractivity contribution is 6.53. The summed E-state index contributed by atoms with van der Waals surface area (Å²) in [5.41, 5.74) is 5.14. The lowest BCUT2D eigenvalue weighted by atomic mass is 9.69. The van der Waals surface area contributed by atoms with Crippen LogP contribution >= 0.6 is 0 Å². The van der Waals surface area contributed by atoms with Crippen LogP contribution in [0, 0.1) is 0 Å². The molecule has 1 amide bonds. The number of benzene rings is 2. The number of hydrazone groups is 1. The molecule has 0 atom stereocenters. The highest BCUT2D eigenvalue weighted by Gasteiger charge is 2.40. The van der Waals surface area contributed by atoms with Crippen molar-refractivity contribution in [2.75, 3.05) is 23.0 Å². The van der Waals surface area contributed by atoms with Gasteiger partial charge in [0.2, 0.25) is 0 Å². The lowest BCUT2D eigenvalue weighted by Gasteiger charge is -2.48. The number of rotatable bonds is 3. The molecule has 0 fully saturated rings. The summed E-state index contributed by atoms with van der Waals surface area (Å²) in [4.78, 5) is 27.7. The molecule has 0 aromatic heterocycles. The van der Waals surface area contributed by atoms with Gasteiger partial charge in [-0.25, -0.2) is 4.79 Å². The first-order valence-electron chi connectivity index (χ1n) is 11.5. The molecule has 0 aliphatic carbocycles. The highest BCUT2D eigenvalue weighted by Crippen LogP contribution is 2.49. The molecule has 6 heteroatoms. The lowest BCUT2D eigenvalue weighted by Crippen LogP contribution is -2.44. The van der Waals surface area contributed by atoms with Crippen LogP contribution in [0.5, 0.6) is 0 Å². The Hall–Kier alpha value is -3.41. The van der Waals surface area contributed by atoms with E-state index in [2.05, 4.69) is 49.8 Å². The largest absolute Gasteiger partial charge is 0.476 e. The number of hydrogen-bond acceptors (Lipinski definition) is 4. The Morgan fingerprint density at radius 2 is 1.58 bits per heavy atom. The van der Waals surface area contributed by atoms with Crippen LogP contribution in [0.15, 0.2) is 53.1 Å². The van der Waals surface area contributed by atoms with Gasteiger partial charge in [-0.3, -0.25) is 4.79 Å². The molecular weight excluding hydrogens is 414 g/mol. The van der Waals surface area contributed by atoms with Crippen LogP contribution in [-0.4, -0.2) is 35.8 Å². The van der Waals surface area contributed by atoms with Gasteiger partial charge in [0.05, 0.1) is 11.3 Å². The predicted molar refractivity (Wildman–Crippen MR) is 131 cm³/mol. The molecule has 0 radical (unpaired) electrons. The van der Waals surface area contributed by atoms with Crippen molar-refractivity contribution < 1.29 is 14.7 Å². The van der Waals surface area contributed by atoms with Crippen LogP contribution in [0.4, 0.5) is 11.4 Å². The molecule has 0 saturated carbocycles. The minimum Gasteiger partial charge on any atom is -0.476 e. The monoisotopic (exact) mass is 443 g/mol. The minimum absolute atomic E-state index is 0.00198. The topological polar surface area (TPSA) is 73.2 Å². The summed E-state index contributed by atoms with van der Waals surface area (Å²) < 4.78 is 0. The van der Waals surface area contributed by atoms with E-state index >= 15 is 0 Å². The van der Waals surface area contributed by atoms with Gasteiger partial charge < -0.3 is 10.0 Å². The van der Waals surface area contributed by atoms with Gasteiger partial charge in [-0.15, -0.1) is 0 Å². The first kappa shape index (κ1) is 21.4. The fraction of sp³-hybridized carbons (Fsp3) is 0.370. The molecule has 3 aliphatic rings. The summed E-state index contributed by atoms with van der Waals surface area (Å²) in [6.07, 6.45) is 3.82. The summed E-state index contributed by atoms with van der Waals surface area (Å²) in [5, 5.41) is 15.1. The molecule has 6 nitrogen and oxygen atoms in total. The Bertz CT molecular complexity index is 1180. The van der Waals surface area contributed by atoms with Gasteiger partial charge in [0.15, 0.2) is 5.71 Å². The zero-order chi connectivity index (χ0) is 23.5. The van der Waals surface area contributed by atoms with Crippen LogP contribution < -0.4 is 9.91 Å². The van der Waals surface area contributed by atoms with Crippen molar-refractivity contribution >= 4 is 35.0 Å². The second kappa shape index (κ2) is 7.30. The maximum Gasteiger partial charge on any atom is 0.357 e. The summed E-state index contributed by atoms with van der Waals surface area (Å²) >= 11 is 0. The van der Waals surface area contributed by atoms with Crippen molar-refractivity contribution in [1.29, 1.82) is 0 Å². The molecule has 33 heavy (non-hydrogen) atoms. The molecule has 170 valence electrons. The molecule has 0 unspecified atom stereocenters. The smallest absolute Gasteiger partial charge is 0.357 e. The average molecular weight is 444 g/mol. The van der Waals surface area contributed by atoms with Gasteiger partial charge in [-0.05, 0) is 70.7 Å². The molecule has 3 aliphatic heterocycles. The minimum atomic E-state index is -1.21. The highest BCUT2D eigenvalue weighted by atomic mass is 16.4. The predicted octanol–water partition coefficient (Wildman–Crippen LogP) is 4.73. The van der Waals surface area contributed by atoms with E-state index in [-0.39, 0.29) is 22.1 Å². The second-order valence-electron chi connectivity index (χ2n) is 10.5. The van der Waals surface area contributed by atoms with Crippen molar-refractivity contribution in [2.24, 2.45) is 5.10 Å². The van der Waals surface area contributed by atoms with E-state index in [4.69, 9.17) is 0 Å². The van der Waals surface area contributed by atoms with Gasteiger partial charge in [0.1, 0.15) is 0 Å². The number of carboxylic acid groups (broad SMARTS) is 1. The molecule has 0 spiro atoms. The van der Waals surface area contributed by atoms with E-state index in [0.717, 1.165) is 31.5 Å². The van der Waals surface area contributed by atoms with Crippen LogP contribution in [0.2, 0.25) is 0 Å². The maximum absolute atomic E-state index is 13.3. The first-order chi connectivity index (χ1) is 15.6. The molecule has 5 rings (SSSR count). The summed E-state index contributed by atoms with van der Waals surface area (Å²) in [6, 6.07) is 13.2. The van der Waals surface area contributed by atoms with Crippen LogP contribution in [-0.2, 0) is 20.4 Å². The summed E-state index contributed by atoms with van der Waals surface area (Å²) in [6.45, 7) is 11.1. The summed E-state index contributed by atoms with van der Waals surface area (Å²) in [7, 11) is 0. The quantitative estimate of drug-likeness (QED) is 0.697. The van der Waals surface area contributed by atoms with E-state index in [1.165, 1.54) is 21.8 Å². The summed E-state index contributed by atoms with van der Waals surface area (Å²) in [5.74, 6) is -1.63. The third-order valence-electron chi connectivity index (χ3n) is 7.31. The van der Waals surface area contributed by atoms with Gasteiger partial charge >= 0.3 is 5.97 Å². The molecule has 0 saturated heterocycles. The first-order valence-corrected chi connectivity index (χ1v) is 11.5. The Balaban J connectivity index is 1.66. The number of nitrogens with zero attached hydrogens (tertiary/aromatic N) is 3. The molecule has 2 aromatic carbocycles. The number of para-hydroxylation sites is 1. The van der Waals surface area contributed by atoms with E-state index in [1.807, 2.05) is 6.07 Å². The number of carboxylic acids is 1. The molecule has 3 heterocycles. The average Bonchev–Trinajstić information content (AvgIpc) is 3.09. The van der Waals surface area contributed by atoms with Gasteiger partial charge in [0, 0.05) is 18.8 Å². The molecule has 0 bridgehead atoms. The Morgan fingerprint density at radius 1 is 1.00 bits per heavy atom. The Morgan fingerprint density at radius 3 is 2.12 bits per heavy atom. The number of anilines is 2. The maximum atomic E-state index is 13.3. The number of hydrogen-bond donors (Lipinski definition) is 1. The van der Waals surface area contributed by atoms with Crippen LogP contribution in [0.3, 0.4) is 0 Å². The van der Waals surface area contributed by atoms with E-state index in [9.17, 15) is 14.7 Å². The standard InChI is InChI=1S/C27H29N3O3/c1-26(2)10-12-29-13-11-27(3,4)21-16-17(15-20(26)23(21)29)14-19-22(25(32)33)28-30(24(19)31)18-8-6-5-7-9-18/h5-9,14-16H,10-13H2,1-4H3,(H,32,33). The number of aliphatic carboxylic acids is 1. The van der Waals surface area contributed by atoms with Crippen molar-refractivity contribution in [1.82, 2.24) is 0 Å². The van der Waals surface area contributed by atoms with E-state index in [0.29, 0.717) is 5.69 Å². The van der Waals surface area contributed by atoms with Crippen molar-refractivity contribution in [3.8, 4) is 0 Å². The number of carbonyl (C=O) groups excluding carboxylic acids is 1. The Labute approximate surface area is 194 Å². The van der Waals surface area contributed by atoms with E-state index in [1.54, 1.807) is 30.3 Å². The third-order valence-corrected chi connectivity index (χ3v) is 7.31. The Kier molecular flexibility index (Phi) is 4.74. The van der Waals surface area contributed by atoms with Crippen molar-refractivity contribution in [2.45, 2.75) is 51.4 Å². The fourth-order valence-corrected chi connectivity index (χ4v) is 5.16. The second-order valence-corrected chi connectivity index (χ2v) is 10.5. The van der Waals surface area contributed by atoms with Gasteiger partial charge in [0.25, 0.3) is 5.91 Å². The normalized spacial score (nSPS) is 21.8. The van der Waals surface area contributed by atoms with Crippen molar-refractivity contribution in [3.63, 3.8) is 0 Å². The zero-order valence-electron chi connectivity index (χ0n) is 19.6. The fourth-order valence-electron chi connectivity index (χ4n) is 5.16. The van der Waals surface area contributed by atoms with E-state index < -0.39 is 11.9 Å². The lowest BCUT2D eigenvalue weighted by molar-refractivity contribution is -0.129. The third kappa shape index (κ3) is 3.45. The van der Waals surface area contributed by atoms with Gasteiger partial charge in [-0.2, -0.15) is 10.1 Å². The van der Waals surface area contributed by atoms with Crippen LogP contribution in [0.25, 0.3) is 6.08 Å². The zero-order valence-corrected chi connectivity index (χ0v) is 19.6. The van der Waals surface area contributed by atoms with Crippen molar-refractivity contribution in [3.05, 3.63) is 64.7 Å². The van der Waals surface area contributed by atoms with Crippen LogP contribution in [0.1, 0.15) is 57.2 Å². The molecular formula is C27H29N3O3. The number of carbonyl (C=O) groups is 2. The SMILES string of the molecule is CC1(C)CCN2CCC(C)(C)c3cc(C=C4C(=O)N(c5ccccc5)N=C4C(=O)O)cc1c32. The van der Waals surface area contributed by atoms with Gasteiger partial charge in [-0.1, -0.05) is 45.9 Å².